The Hall–Kier alpha value is -0.760. The summed E-state index contributed by atoms with van der Waals surface area (Å²) in [6.45, 7) is 4.47. The Morgan fingerprint density at radius 3 is 3.17 bits per heavy atom. The number of nitrogens with one attached hydrogen (secondary N) is 2. The molecular weight excluding hydrogens is 148 g/mol. The molecule has 0 aliphatic carbocycles. The van der Waals surface area contributed by atoms with E-state index in [1.807, 2.05) is 6.20 Å². The summed E-state index contributed by atoms with van der Waals surface area (Å²) in [5.41, 5.74) is 2.89. The minimum Gasteiger partial charge on any atom is -0.365 e. The molecule has 2 atom stereocenters. The van der Waals surface area contributed by atoms with Crippen LogP contribution in [0.2, 0.25) is 0 Å². The average molecular weight is 164 g/mol. The molecular formula is C10H16N2. The zero-order valence-electron chi connectivity index (χ0n) is 7.72. The lowest BCUT2D eigenvalue weighted by molar-refractivity contribution is 0.412. The van der Waals surface area contributed by atoms with Gasteiger partial charge in [-0.1, -0.05) is 6.92 Å². The van der Waals surface area contributed by atoms with Crippen LogP contribution in [0.1, 0.15) is 37.6 Å². The smallest absolute Gasteiger partial charge is 0.0337 e. The highest BCUT2D eigenvalue weighted by Gasteiger charge is 2.22. The molecule has 0 unspecified atom stereocenters. The van der Waals surface area contributed by atoms with E-state index in [1.54, 1.807) is 0 Å². The summed E-state index contributed by atoms with van der Waals surface area (Å²) in [6.07, 6.45) is 4.36. The molecule has 0 amide bonds. The van der Waals surface area contributed by atoms with Gasteiger partial charge in [0.25, 0.3) is 0 Å². The van der Waals surface area contributed by atoms with Crippen LogP contribution in [0.5, 0.6) is 0 Å². The van der Waals surface area contributed by atoms with Crippen molar-refractivity contribution in [3.63, 3.8) is 0 Å². The normalized spacial score (nSPS) is 28.5. The third kappa shape index (κ3) is 1.16. The number of hydrogen-bond donors (Lipinski definition) is 2. The van der Waals surface area contributed by atoms with Gasteiger partial charge in [0, 0.05) is 30.4 Å². The minimum atomic E-state index is 0.565. The van der Waals surface area contributed by atoms with Crippen LogP contribution in [0, 0.1) is 0 Å². The number of hydrogen-bond acceptors (Lipinski definition) is 1. The van der Waals surface area contributed by atoms with E-state index in [9.17, 15) is 0 Å². The predicted molar refractivity (Wildman–Crippen MR) is 50.1 cm³/mol. The van der Waals surface area contributed by atoms with Crippen molar-refractivity contribution >= 4 is 0 Å². The second-order valence-corrected chi connectivity index (χ2v) is 3.64. The first-order valence-corrected chi connectivity index (χ1v) is 4.73. The molecule has 2 nitrogen and oxygen atoms in total. The van der Waals surface area contributed by atoms with E-state index in [1.165, 1.54) is 17.7 Å². The van der Waals surface area contributed by atoms with Crippen LogP contribution >= 0.6 is 0 Å². The van der Waals surface area contributed by atoms with Gasteiger partial charge in [-0.3, -0.25) is 0 Å². The highest BCUT2D eigenvalue weighted by atomic mass is 15.0. The Morgan fingerprint density at radius 1 is 1.58 bits per heavy atom. The van der Waals surface area contributed by atoms with Crippen LogP contribution in [0.15, 0.2) is 12.3 Å². The van der Waals surface area contributed by atoms with Gasteiger partial charge in [-0.2, -0.15) is 0 Å². The van der Waals surface area contributed by atoms with Gasteiger partial charge in [-0.25, -0.2) is 0 Å². The van der Waals surface area contributed by atoms with Gasteiger partial charge < -0.3 is 10.3 Å². The van der Waals surface area contributed by atoms with E-state index in [0.29, 0.717) is 12.1 Å². The first-order valence-electron chi connectivity index (χ1n) is 4.73. The fourth-order valence-electron chi connectivity index (χ4n) is 2.06. The summed E-state index contributed by atoms with van der Waals surface area (Å²) < 4.78 is 0. The zero-order chi connectivity index (χ0) is 8.55. The van der Waals surface area contributed by atoms with Crippen molar-refractivity contribution in [2.45, 2.75) is 38.8 Å². The summed E-state index contributed by atoms with van der Waals surface area (Å²) in [5.74, 6) is 0. The van der Waals surface area contributed by atoms with Crippen molar-refractivity contribution in [2.75, 3.05) is 0 Å². The monoisotopic (exact) mass is 164 g/mol. The Bertz CT molecular complexity index is 265. The van der Waals surface area contributed by atoms with E-state index in [0.717, 1.165) is 6.42 Å². The lowest BCUT2D eigenvalue weighted by Gasteiger charge is -2.28. The van der Waals surface area contributed by atoms with Crippen molar-refractivity contribution in [3.05, 3.63) is 23.5 Å². The van der Waals surface area contributed by atoms with E-state index in [2.05, 4.69) is 30.2 Å². The van der Waals surface area contributed by atoms with E-state index in [-0.39, 0.29) is 0 Å². The average Bonchev–Trinajstić information content (AvgIpc) is 2.50. The van der Waals surface area contributed by atoms with Crippen LogP contribution < -0.4 is 5.32 Å². The first kappa shape index (κ1) is 7.87. The fourth-order valence-corrected chi connectivity index (χ4v) is 2.06. The molecule has 2 heteroatoms. The van der Waals surface area contributed by atoms with E-state index >= 15 is 0 Å². The number of rotatable bonds is 1. The second-order valence-electron chi connectivity index (χ2n) is 3.64. The number of aromatic nitrogens is 1. The predicted octanol–water partition coefficient (Wildman–Crippen LogP) is 2.00. The molecule has 0 fully saturated rings. The van der Waals surface area contributed by atoms with Gasteiger partial charge in [0.2, 0.25) is 0 Å². The van der Waals surface area contributed by atoms with Crippen molar-refractivity contribution in [3.8, 4) is 0 Å². The number of H-pyrrole nitrogens is 1. The molecule has 1 aromatic rings. The van der Waals surface area contributed by atoms with E-state index < -0.39 is 0 Å². The van der Waals surface area contributed by atoms with Gasteiger partial charge >= 0.3 is 0 Å². The van der Waals surface area contributed by atoms with Crippen molar-refractivity contribution in [1.29, 1.82) is 0 Å². The summed E-state index contributed by atoms with van der Waals surface area (Å²) in [4.78, 5) is 3.31. The van der Waals surface area contributed by atoms with Crippen molar-refractivity contribution in [2.24, 2.45) is 0 Å². The van der Waals surface area contributed by atoms with Gasteiger partial charge in [-0.05, 0) is 25.0 Å². The van der Waals surface area contributed by atoms with Crippen LogP contribution in [0.3, 0.4) is 0 Å². The molecule has 66 valence electrons. The third-order valence-electron chi connectivity index (χ3n) is 2.65. The molecule has 12 heavy (non-hydrogen) atoms. The summed E-state index contributed by atoms with van der Waals surface area (Å²) in [7, 11) is 0. The Labute approximate surface area is 73.4 Å². The molecule has 0 bridgehead atoms. The maximum atomic E-state index is 3.59. The highest BCUT2D eigenvalue weighted by molar-refractivity contribution is 5.27. The summed E-state index contributed by atoms with van der Waals surface area (Å²) in [5, 5.41) is 3.59. The van der Waals surface area contributed by atoms with Gasteiger partial charge in [0.1, 0.15) is 0 Å². The lowest BCUT2D eigenvalue weighted by Crippen LogP contribution is -2.36. The van der Waals surface area contributed by atoms with Crippen LogP contribution in [0.25, 0.3) is 0 Å². The SMILES string of the molecule is CC[C@H]1N[C@H](C)Cc2[nH]ccc21. The standard InChI is InChI=1S/C10H16N2/c1-3-9-8-4-5-11-10(8)6-7(2)12-9/h4-5,7,9,11-12H,3,6H2,1-2H3/t7-,9-/m1/s1. The first-order chi connectivity index (χ1) is 5.81. The third-order valence-corrected chi connectivity index (χ3v) is 2.65. The molecule has 0 saturated carbocycles. The summed E-state index contributed by atoms with van der Waals surface area (Å²) >= 11 is 0. The van der Waals surface area contributed by atoms with Crippen molar-refractivity contribution in [1.82, 2.24) is 10.3 Å². The molecule has 2 rings (SSSR count). The molecule has 0 saturated heterocycles. The molecule has 0 radical (unpaired) electrons. The molecule has 1 aliphatic heterocycles. The molecule has 0 spiro atoms. The maximum absolute atomic E-state index is 3.59. The van der Waals surface area contributed by atoms with Crippen molar-refractivity contribution < 1.29 is 0 Å². The lowest BCUT2D eigenvalue weighted by atomic mass is 9.95. The van der Waals surface area contributed by atoms with Gasteiger partial charge in [0.15, 0.2) is 0 Å². The maximum Gasteiger partial charge on any atom is 0.0337 e. The fraction of sp³-hybridized carbons (Fsp3) is 0.600. The van der Waals surface area contributed by atoms with Crippen LogP contribution in [-0.2, 0) is 6.42 Å². The highest BCUT2D eigenvalue weighted by Crippen LogP contribution is 2.26. The topological polar surface area (TPSA) is 27.8 Å². The van der Waals surface area contributed by atoms with Crippen LogP contribution in [0.4, 0.5) is 0 Å². The minimum absolute atomic E-state index is 0.565. The quantitative estimate of drug-likeness (QED) is 0.652. The van der Waals surface area contributed by atoms with Gasteiger partial charge in [0.05, 0.1) is 0 Å². The molecule has 2 N–H and O–H groups in total. The van der Waals surface area contributed by atoms with E-state index in [4.69, 9.17) is 0 Å². The second kappa shape index (κ2) is 2.94. The molecule has 1 aromatic heterocycles. The molecule has 0 aromatic carbocycles. The Balaban J connectivity index is 2.31. The number of aromatic amines is 1. The number of fused-ring (bicyclic) bond motifs is 1. The largest absolute Gasteiger partial charge is 0.365 e. The molecule has 2 heterocycles. The zero-order valence-corrected chi connectivity index (χ0v) is 7.72. The Kier molecular flexibility index (Phi) is 1.93. The van der Waals surface area contributed by atoms with Crippen LogP contribution in [-0.4, -0.2) is 11.0 Å². The molecule has 1 aliphatic rings. The van der Waals surface area contributed by atoms with Gasteiger partial charge in [-0.15, -0.1) is 0 Å². The summed E-state index contributed by atoms with van der Waals surface area (Å²) in [6, 6.07) is 3.37. The Morgan fingerprint density at radius 2 is 2.42 bits per heavy atom.